The first-order valence-electron chi connectivity index (χ1n) is 10.3. The molecule has 1 aliphatic carbocycles. The Balaban J connectivity index is 1.50. The standard InChI is InChI=1S/C24H18F2N4O3/c25-14-3-1-13(2-4-14)9-15-7-8-27-24(28-15)29-20-11-21-17(10-19(20)26)22(31)18(23(32)33)12-30(21)16-5-6-16/h1-4,7-8,10-12,16H,5-6,9H2,(H,32,33)(H,27,28,29). The van der Waals surface area contributed by atoms with Gasteiger partial charge < -0.3 is 15.0 Å². The number of carboxylic acids is 1. The highest BCUT2D eigenvalue weighted by Gasteiger charge is 2.27. The number of aromatic nitrogens is 3. The van der Waals surface area contributed by atoms with Crippen molar-refractivity contribution in [2.75, 3.05) is 5.32 Å². The van der Waals surface area contributed by atoms with Crippen molar-refractivity contribution in [3.05, 3.63) is 93.5 Å². The lowest BCUT2D eigenvalue weighted by Crippen LogP contribution is -2.19. The maximum Gasteiger partial charge on any atom is 0.341 e. The van der Waals surface area contributed by atoms with Crippen LogP contribution in [0.1, 0.15) is 40.5 Å². The number of hydrogen-bond donors (Lipinski definition) is 2. The van der Waals surface area contributed by atoms with Crippen LogP contribution in [0.5, 0.6) is 0 Å². The Labute approximate surface area is 186 Å². The Kier molecular flexibility index (Phi) is 5.08. The van der Waals surface area contributed by atoms with Gasteiger partial charge in [0, 0.05) is 30.2 Å². The van der Waals surface area contributed by atoms with Crippen LogP contribution in [-0.4, -0.2) is 25.6 Å². The molecular formula is C24H18F2N4O3. The number of fused-ring (bicyclic) bond motifs is 1. The summed E-state index contributed by atoms with van der Waals surface area (Å²) < 4.78 is 29.7. The Morgan fingerprint density at radius 3 is 2.61 bits per heavy atom. The minimum Gasteiger partial charge on any atom is -0.477 e. The van der Waals surface area contributed by atoms with Crippen molar-refractivity contribution < 1.29 is 18.7 Å². The van der Waals surface area contributed by atoms with Gasteiger partial charge in [0.05, 0.1) is 16.9 Å². The molecule has 0 radical (unpaired) electrons. The van der Waals surface area contributed by atoms with Gasteiger partial charge in [-0.2, -0.15) is 0 Å². The predicted molar refractivity (Wildman–Crippen MR) is 118 cm³/mol. The molecule has 7 nitrogen and oxygen atoms in total. The number of nitrogens with one attached hydrogen (secondary N) is 1. The molecule has 166 valence electrons. The third-order valence-corrected chi connectivity index (χ3v) is 5.55. The third kappa shape index (κ3) is 4.17. The summed E-state index contributed by atoms with van der Waals surface area (Å²) in [5, 5.41) is 12.2. The molecule has 0 atom stereocenters. The lowest BCUT2D eigenvalue weighted by molar-refractivity contribution is 0.0695. The molecule has 0 bridgehead atoms. The molecule has 5 rings (SSSR count). The zero-order valence-electron chi connectivity index (χ0n) is 17.3. The first-order valence-corrected chi connectivity index (χ1v) is 10.3. The molecule has 0 saturated heterocycles. The van der Waals surface area contributed by atoms with Gasteiger partial charge in [-0.3, -0.25) is 4.79 Å². The van der Waals surface area contributed by atoms with Crippen LogP contribution in [0.25, 0.3) is 10.9 Å². The Morgan fingerprint density at radius 1 is 1.15 bits per heavy atom. The lowest BCUT2D eigenvalue weighted by atomic mass is 10.1. The number of aromatic carboxylic acids is 1. The molecule has 0 aliphatic heterocycles. The maximum atomic E-state index is 14.9. The van der Waals surface area contributed by atoms with E-state index in [1.54, 1.807) is 22.8 Å². The van der Waals surface area contributed by atoms with Crippen LogP contribution < -0.4 is 10.7 Å². The Bertz CT molecular complexity index is 1450. The SMILES string of the molecule is O=C(O)c1cn(C2CC2)c2cc(Nc3nccc(Cc4ccc(F)cc4)n3)c(F)cc2c1=O. The highest BCUT2D eigenvalue weighted by atomic mass is 19.1. The van der Waals surface area contributed by atoms with Crippen LogP contribution in [-0.2, 0) is 6.42 Å². The fraction of sp³-hybridized carbons (Fsp3) is 0.167. The molecular weight excluding hydrogens is 430 g/mol. The van der Waals surface area contributed by atoms with Crippen molar-refractivity contribution in [1.29, 1.82) is 0 Å². The molecule has 33 heavy (non-hydrogen) atoms. The van der Waals surface area contributed by atoms with Crippen LogP contribution in [0.15, 0.2) is 59.7 Å². The zero-order valence-corrected chi connectivity index (χ0v) is 17.3. The summed E-state index contributed by atoms with van der Waals surface area (Å²) in [6.07, 6.45) is 5.01. The van der Waals surface area contributed by atoms with E-state index in [0.29, 0.717) is 17.6 Å². The van der Waals surface area contributed by atoms with Gasteiger partial charge in [0.1, 0.15) is 17.2 Å². The third-order valence-electron chi connectivity index (χ3n) is 5.55. The molecule has 2 heterocycles. The molecule has 4 aromatic rings. The molecule has 2 N–H and O–H groups in total. The summed E-state index contributed by atoms with van der Waals surface area (Å²) in [4.78, 5) is 32.6. The maximum absolute atomic E-state index is 14.9. The molecule has 2 aromatic carbocycles. The van der Waals surface area contributed by atoms with E-state index in [-0.39, 0.29) is 34.4 Å². The molecule has 2 aromatic heterocycles. The van der Waals surface area contributed by atoms with Gasteiger partial charge in [-0.25, -0.2) is 23.5 Å². The molecule has 0 unspecified atom stereocenters. The quantitative estimate of drug-likeness (QED) is 0.453. The van der Waals surface area contributed by atoms with E-state index in [1.807, 2.05) is 0 Å². The second-order valence-electron chi connectivity index (χ2n) is 7.96. The summed E-state index contributed by atoms with van der Waals surface area (Å²) >= 11 is 0. The number of carboxylic acid groups (broad SMARTS) is 1. The van der Waals surface area contributed by atoms with E-state index in [2.05, 4.69) is 15.3 Å². The van der Waals surface area contributed by atoms with E-state index < -0.39 is 17.2 Å². The smallest absolute Gasteiger partial charge is 0.341 e. The number of pyridine rings is 1. The van der Waals surface area contributed by atoms with Crippen LogP contribution in [0, 0.1) is 11.6 Å². The molecule has 1 aliphatic rings. The summed E-state index contributed by atoms with van der Waals surface area (Å²) in [6.45, 7) is 0. The molecule has 0 spiro atoms. The second-order valence-corrected chi connectivity index (χ2v) is 7.96. The average molecular weight is 448 g/mol. The number of nitrogens with zero attached hydrogens (tertiary/aromatic N) is 3. The number of hydrogen-bond acceptors (Lipinski definition) is 5. The van der Waals surface area contributed by atoms with Crippen molar-refractivity contribution >= 4 is 28.5 Å². The Hall–Kier alpha value is -4.14. The number of halogens is 2. The number of carbonyl (C=O) groups is 1. The van der Waals surface area contributed by atoms with Crippen LogP contribution in [0.4, 0.5) is 20.4 Å². The summed E-state index contributed by atoms with van der Waals surface area (Å²) in [7, 11) is 0. The van der Waals surface area contributed by atoms with Gasteiger partial charge in [0.25, 0.3) is 0 Å². The lowest BCUT2D eigenvalue weighted by Gasteiger charge is -2.14. The van der Waals surface area contributed by atoms with Crippen molar-refractivity contribution in [3.63, 3.8) is 0 Å². The summed E-state index contributed by atoms with van der Waals surface area (Å²) in [5.74, 6) is -2.23. The van der Waals surface area contributed by atoms with Crippen molar-refractivity contribution in [1.82, 2.24) is 14.5 Å². The zero-order chi connectivity index (χ0) is 23.1. The number of benzene rings is 2. The topological polar surface area (TPSA) is 97.1 Å². The fourth-order valence-corrected chi connectivity index (χ4v) is 3.76. The highest BCUT2D eigenvalue weighted by molar-refractivity contribution is 5.93. The first-order chi connectivity index (χ1) is 15.9. The largest absolute Gasteiger partial charge is 0.477 e. The van der Waals surface area contributed by atoms with Crippen molar-refractivity contribution in [2.45, 2.75) is 25.3 Å². The van der Waals surface area contributed by atoms with Gasteiger partial charge in [-0.15, -0.1) is 0 Å². The van der Waals surface area contributed by atoms with E-state index in [0.717, 1.165) is 24.5 Å². The second kappa shape index (κ2) is 8.09. The summed E-state index contributed by atoms with van der Waals surface area (Å²) in [6, 6.07) is 10.4. The monoisotopic (exact) mass is 448 g/mol. The Morgan fingerprint density at radius 2 is 1.91 bits per heavy atom. The van der Waals surface area contributed by atoms with Crippen LogP contribution >= 0.6 is 0 Å². The summed E-state index contributed by atoms with van der Waals surface area (Å²) in [5.41, 5.74) is 0.919. The van der Waals surface area contributed by atoms with Crippen LogP contribution in [0.3, 0.4) is 0 Å². The van der Waals surface area contributed by atoms with E-state index >= 15 is 0 Å². The van der Waals surface area contributed by atoms with Gasteiger partial charge in [0.15, 0.2) is 0 Å². The average Bonchev–Trinajstić information content (AvgIpc) is 3.62. The number of rotatable bonds is 6. The first kappa shape index (κ1) is 20.7. The minimum absolute atomic E-state index is 0.0100. The molecule has 0 amide bonds. The molecule has 1 saturated carbocycles. The fourth-order valence-electron chi connectivity index (χ4n) is 3.76. The molecule has 1 fully saturated rings. The van der Waals surface area contributed by atoms with Gasteiger partial charge >= 0.3 is 5.97 Å². The van der Waals surface area contributed by atoms with E-state index in [9.17, 15) is 23.5 Å². The van der Waals surface area contributed by atoms with Crippen molar-refractivity contribution in [2.24, 2.45) is 0 Å². The predicted octanol–water partition coefficient (Wildman–Crippen LogP) is 4.44. The highest BCUT2D eigenvalue weighted by Crippen LogP contribution is 2.38. The van der Waals surface area contributed by atoms with Crippen LogP contribution in [0.2, 0.25) is 0 Å². The van der Waals surface area contributed by atoms with Gasteiger partial charge in [0.2, 0.25) is 11.4 Å². The number of anilines is 2. The normalized spacial score (nSPS) is 13.3. The van der Waals surface area contributed by atoms with Gasteiger partial charge in [-0.05, 0) is 48.7 Å². The van der Waals surface area contributed by atoms with Crippen molar-refractivity contribution in [3.8, 4) is 0 Å². The molecule has 9 heteroatoms. The van der Waals surface area contributed by atoms with E-state index in [4.69, 9.17) is 0 Å². The van der Waals surface area contributed by atoms with Gasteiger partial charge in [-0.1, -0.05) is 12.1 Å². The minimum atomic E-state index is -1.34. The van der Waals surface area contributed by atoms with E-state index in [1.165, 1.54) is 30.6 Å².